The third kappa shape index (κ3) is 2.47. The SMILES string of the molecule is O=C(N[C@H]1CCN(C(=O)c2nccc3ccsc23)C1)C1CC1. The Kier molecular flexibility index (Phi) is 3.33. The molecule has 2 fully saturated rings. The van der Waals surface area contributed by atoms with E-state index in [4.69, 9.17) is 0 Å². The van der Waals surface area contributed by atoms with Gasteiger partial charge in [0.25, 0.3) is 5.91 Å². The van der Waals surface area contributed by atoms with Gasteiger partial charge in [0.1, 0.15) is 5.69 Å². The molecule has 3 heterocycles. The zero-order valence-electron chi connectivity index (χ0n) is 12.1. The predicted molar refractivity (Wildman–Crippen MR) is 84.8 cm³/mol. The number of carbonyl (C=O) groups excluding carboxylic acids is 2. The highest BCUT2D eigenvalue weighted by Crippen LogP contribution is 2.29. The molecule has 0 unspecified atom stereocenters. The van der Waals surface area contributed by atoms with E-state index in [1.165, 1.54) is 0 Å². The van der Waals surface area contributed by atoms with Crippen LogP contribution in [0.2, 0.25) is 0 Å². The summed E-state index contributed by atoms with van der Waals surface area (Å²) in [5, 5.41) is 6.09. The summed E-state index contributed by atoms with van der Waals surface area (Å²) in [5.74, 6) is 0.334. The molecular weight excluding hydrogens is 298 g/mol. The molecule has 1 aliphatic heterocycles. The molecule has 2 aliphatic rings. The van der Waals surface area contributed by atoms with E-state index in [-0.39, 0.29) is 23.8 Å². The average molecular weight is 315 g/mol. The minimum Gasteiger partial charge on any atom is -0.351 e. The zero-order valence-corrected chi connectivity index (χ0v) is 12.9. The first-order valence-corrected chi connectivity index (χ1v) is 8.52. The summed E-state index contributed by atoms with van der Waals surface area (Å²) in [6.45, 7) is 1.26. The Balaban J connectivity index is 1.47. The van der Waals surface area contributed by atoms with Crippen molar-refractivity contribution in [2.24, 2.45) is 5.92 Å². The molecule has 0 aromatic carbocycles. The number of fused-ring (bicyclic) bond motifs is 1. The van der Waals surface area contributed by atoms with Crippen molar-refractivity contribution in [3.63, 3.8) is 0 Å². The third-order valence-electron chi connectivity index (χ3n) is 4.34. The number of amides is 2. The normalized spacial score (nSPS) is 21.3. The molecule has 114 valence electrons. The molecule has 5 nitrogen and oxygen atoms in total. The summed E-state index contributed by atoms with van der Waals surface area (Å²) in [5.41, 5.74) is 0.529. The molecule has 0 radical (unpaired) electrons. The molecule has 1 N–H and O–H groups in total. The Hall–Kier alpha value is -1.95. The maximum atomic E-state index is 12.7. The van der Waals surface area contributed by atoms with Gasteiger partial charge in [0, 0.05) is 31.2 Å². The van der Waals surface area contributed by atoms with Crippen molar-refractivity contribution in [3.05, 3.63) is 29.4 Å². The quantitative estimate of drug-likeness (QED) is 0.943. The van der Waals surface area contributed by atoms with Gasteiger partial charge in [0.2, 0.25) is 5.91 Å². The van der Waals surface area contributed by atoms with Crippen LogP contribution in [0.5, 0.6) is 0 Å². The van der Waals surface area contributed by atoms with E-state index in [0.717, 1.165) is 29.3 Å². The van der Waals surface area contributed by atoms with Gasteiger partial charge in [-0.1, -0.05) is 0 Å². The van der Waals surface area contributed by atoms with Crippen LogP contribution >= 0.6 is 11.3 Å². The molecule has 2 aromatic rings. The van der Waals surface area contributed by atoms with Gasteiger partial charge in [-0.3, -0.25) is 9.59 Å². The molecule has 6 heteroatoms. The zero-order chi connectivity index (χ0) is 15.1. The Morgan fingerprint density at radius 2 is 2.14 bits per heavy atom. The summed E-state index contributed by atoms with van der Waals surface area (Å²) < 4.78 is 0.943. The van der Waals surface area contributed by atoms with Gasteiger partial charge in [-0.25, -0.2) is 4.98 Å². The summed E-state index contributed by atoms with van der Waals surface area (Å²) in [7, 11) is 0. The van der Waals surface area contributed by atoms with Crippen LogP contribution in [0.3, 0.4) is 0 Å². The first kappa shape index (κ1) is 13.7. The van der Waals surface area contributed by atoms with Crippen molar-refractivity contribution < 1.29 is 9.59 Å². The van der Waals surface area contributed by atoms with Crippen molar-refractivity contribution in [1.29, 1.82) is 0 Å². The van der Waals surface area contributed by atoms with Crippen LogP contribution in [-0.4, -0.2) is 40.8 Å². The fourth-order valence-electron chi connectivity index (χ4n) is 2.92. The number of hydrogen-bond donors (Lipinski definition) is 1. The van der Waals surface area contributed by atoms with Crippen LogP contribution in [0.1, 0.15) is 29.8 Å². The molecule has 2 amide bonds. The Labute approximate surface area is 132 Å². The second-order valence-electron chi connectivity index (χ2n) is 6.02. The van der Waals surface area contributed by atoms with E-state index in [2.05, 4.69) is 10.3 Å². The highest BCUT2D eigenvalue weighted by Gasteiger charge is 2.34. The number of rotatable bonds is 3. The second kappa shape index (κ2) is 5.35. The Morgan fingerprint density at radius 1 is 1.27 bits per heavy atom. The first-order valence-electron chi connectivity index (χ1n) is 7.64. The van der Waals surface area contributed by atoms with Crippen LogP contribution < -0.4 is 5.32 Å². The van der Waals surface area contributed by atoms with E-state index >= 15 is 0 Å². The largest absolute Gasteiger partial charge is 0.351 e. The van der Waals surface area contributed by atoms with Gasteiger partial charge in [0.05, 0.1) is 4.70 Å². The lowest BCUT2D eigenvalue weighted by Gasteiger charge is -2.17. The fraction of sp³-hybridized carbons (Fsp3) is 0.438. The van der Waals surface area contributed by atoms with Crippen LogP contribution in [0.25, 0.3) is 10.1 Å². The van der Waals surface area contributed by atoms with Gasteiger partial charge in [-0.05, 0) is 42.2 Å². The number of thiophene rings is 1. The number of carbonyl (C=O) groups is 2. The standard InChI is InChI=1S/C16H17N3O2S/c20-15(11-1-2-11)18-12-4-7-19(9-12)16(21)13-14-10(3-6-17-13)5-8-22-14/h3,5-6,8,11-12H,1-2,4,7,9H2,(H,18,20)/t12-/m0/s1. The number of hydrogen-bond acceptors (Lipinski definition) is 4. The van der Waals surface area contributed by atoms with Crippen molar-refractivity contribution in [3.8, 4) is 0 Å². The Bertz CT molecular complexity index is 738. The highest BCUT2D eigenvalue weighted by molar-refractivity contribution is 7.17. The van der Waals surface area contributed by atoms with Crippen LogP contribution in [0, 0.1) is 5.92 Å². The van der Waals surface area contributed by atoms with Gasteiger partial charge >= 0.3 is 0 Å². The molecule has 1 saturated carbocycles. The third-order valence-corrected chi connectivity index (χ3v) is 5.28. The van der Waals surface area contributed by atoms with E-state index in [0.29, 0.717) is 18.8 Å². The van der Waals surface area contributed by atoms with E-state index in [9.17, 15) is 9.59 Å². The fourth-order valence-corrected chi connectivity index (χ4v) is 3.80. The molecule has 0 spiro atoms. The second-order valence-corrected chi connectivity index (χ2v) is 6.93. The van der Waals surface area contributed by atoms with E-state index in [1.807, 2.05) is 17.5 Å². The van der Waals surface area contributed by atoms with Crippen LogP contribution in [0.4, 0.5) is 0 Å². The Morgan fingerprint density at radius 3 is 2.95 bits per heavy atom. The highest BCUT2D eigenvalue weighted by atomic mass is 32.1. The summed E-state index contributed by atoms with van der Waals surface area (Å²) in [4.78, 5) is 30.6. The molecule has 2 aromatic heterocycles. The lowest BCUT2D eigenvalue weighted by atomic mass is 10.2. The average Bonchev–Trinajstić information content (AvgIpc) is 3.09. The number of pyridine rings is 1. The van der Waals surface area contributed by atoms with Gasteiger partial charge < -0.3 is 10.2 Å². The monoisotopic (exact) mass is 315 g/mol. The van der Waals surface area contributed by atoms with Crippen molar-refractivity contribution in [2.75, 3.05) is 13.1 Å². The van der Waals surface area contributed by atoms with Gasteiger partial charge in [0.15, 0.2) is 0 Å². The minimum atomic E-state index is -0.0313. The minimum absolute atomic E-state index is 0.0313. The van der Waals surface area contributed by atoms with E-state index < -0.39 is 0 Å². The molecule has 0 bridgehead atoms. The topological polar surface area (TPSA) is 62.3 Å². The molecule has 1 saturated heterocycles. The van der Waals surface area contributed by atoms with Crippen molar-refractivity contribution in [2.45, 2.75) is 25.3 Å². The predicted octanol–water partition coefficient (Wildman–Crippen LogP) is 2.04. The smallest absolute Gasteiger partial charge is 0.274 e. The van der Waals surface area contributed by atoms with E-state index in [1.54, 1.807) is 22.4 Å². The molecular formula is C16H17N3O2S. The number of nitrogens with zero attached hydrogens (tertiary/aromatic N) is 2. The molecule has 1 atom stereocenters. The lowest BCUT2D eigenvalue weighted by molar-refractivity contribution is -0.122. The summed E-state index contributed by atoms with van der Waals surface area (Å²) in [6.07, 6.45) is 4.52. The van der Waals surface area contributed by atoms with Gasteiger partial charge in [-0.15, -0.1) is 11.3 Å². The molecule has 22 heavy (non-hydrogen) atoms. The lowest BCUT2D eigenvalue weighted by Crippen LogP contribution is -2.39. The molecule has 1 aliphatic carbocycles. The van der Waals surface area contributed by atoms with Crippen LogP contribution in [0.15, 0.2) is 23.7 Å². The number of nitrogens with one attached hydrogen (secondary N) is 1. The summed E-state index contributed by atoms with van der Waals surface area (Å²) in [6, 6.07) is 4.01. The maximum absolute atomic E-state index is 12.7. The van der Waals surface area contributed by atoms with Crippen molar-refractivity contribution in [1.82, 2.24) is 15.2 Å². The van der Waals surface area contributed by atoms with Crippen molar-refractivity contribution >= 4 is 33.2 Å². The summed E-state index contributed by atoms with van der Waals surface area (Å²) >= 11 is 1.54. The number of aromatic nitrogens is 1. The maximum Gasteiger partial charge on any atom is 0.274 e. The van der Waals surface area contributed by atoms with Crippen LogP contribution in [-0.2, 0) is 4.79 Å². The molecule has 4 rings (SSSR count). The number of likely N-dealkylation sites (tertiary alicyclic amines) is 1. The van der Waals surface area contributed by atoms with Gasteiger partial charge in [-0.2, -0.15) is 0 Å². The first-order chi connectivity index (χ1) is 10.7.